The molecular formula is C17H16N2. The van der Waals surface area contributed by atoms with Crippen LogP contribution in [0.3, 0.4) is 0 Å². The van der Waals surface area contributed by atoms with Gasteiger partial charge in [-0.2, -0.15) is 5.10 Å². The van der Waals surface area contributed by atoms with E-state index in [1.165, 1.54) is 21.9 Å². The molecule has 1 aromatic heterocycles. The first-order chi connectivity index (χ1) is 9.15. The first-order valence-corrected chi connectivity index (χ1v) is 6.46. The summed E-state index contributed by atoms with van der Waals surface area (Å²) in [5.74, 6) is 0. The maximum atomic E-state index is 4.40. The van der Waals surface area contributed by atoms with E-state index in [0.717, 1.165) is 17.0 Å². The lowest BCUT2D eigenvalue weighted by Gasteiger charge is -2.08. The van der Waals surface area contributed by atoms with E-state index in [1.807, 2.05) is 6.92 Å². The lowest BCUT2D eigenvalue weighted by Crippen LogP contribution is -1.94. The fourth-order valence-electron chi connectivity index (χ4n) is 2.33. The van der Waals surface area contributed by atoms with E-state index < -0.39 is 0 Å². The van der Waals surface area contributed by atoms with Gasteiger partial charge in [-0.1, -0.05) is 47.5 Å². The van der Waals surface area contributed by atoms with Gasteiger partial charge in [0, 0.05) is 16.3 Å². The standard InChI is InChI=1S/C17H16N2/c1-11-4-7-14(8-5-11)17-16-10-12(2)6-9-15(16)13(3)18-19-17/h4-10H,1-3H3. The smallest absolute Gasteiger partial charge is 0.101 e. The molecular weight excluding hydrogens is 232 g/mol. The minimum Gasteiger partial charge on any atom is -0.155 e. The van der Waals surface area contributed by atoms with Crippen molar-refractivity contribution in [2.45, 2.75) is 20.8 Å². The van der Waals surface area contributed by atoms with Gasteiger partial charge in [0.2, 0.25) is 0 Å². The molecule has 1 heterocycles. The highest BCUT2D eigenvalue weighted by atomic mass is 15.1. The Hall–Kier alpha value is -2.22. The van der Waals surface area contributed by atoms with Crippen LogP contribution >= 0.6 is 0 Å². The highest BCUT2D eigenvalue weighted by molar-refractivity contribution is 5.95. The molecule has 0 atom stereocenters. The maximum Gasteiger partial charge on any atom is 0.101 e. The normalized spacial score (nSPS) is 10.9. The first kappa shape index (κ1) is 11.8. The second-order valence-electron chi connectivity index (χ2n) is 5.05. The van der Waals surface area contributed by atoms with E-state index in [1.54, 1.807) is 0 Å². The van der Waals surface area contributed by atoms with Gasteiger partial charge in [-0.3, -0.25) is 0 Å². The fourth-order valence-corrected chi connectivity index (χ4v) is 2.33. The second-order valence-corrected chi connectivity index (χ2v) is 5.05. The van der Waals surface area contributed by atoms with Gasteiger partial charge in [-0.05, 0) is 26.8 Å². The van der Waals surface area contributed by atoms with Crippen LogP contribution in [-0.4, -0.2) is 10.2 Å². The second kappa shape index (κ2) is 4.47. The van der Waals surface area contributed by atoms with Crippen LogP contribution in [0.4, 0.5) is 0 Å². The molecule has 0 spiro atoms. The summed E-state index contributed by atoms with van der Waals surface area (Å²) in [7, 11) is 0. The molecule has 0 aliphatic rings. The van der Waals surface area contributed by atoms with Crippen molar-refractivity contribution in [2.24, 2.45) is 0 Å². The zero-order valence-electron chi connectivity index (χ0n) is 11.4. The van der Waals surface area contributed by atoms with Gasteiger partial charge < -0.3 is 0 Å². The quantitative estimate of drug-likeness (QED) is 0.644. The average molecular weight is 248 g/mol. The summed E-state index contributed by atoms with van der Waals surface area (Å²) in [5.41, 5.74) is 5.56. The Kier molecular flexibility index (Phi) is 2.79. The molecule has 0 fully saturated rings. The number of fused-ring (bicyclic) bond motifs is 1. The summed E-state index contributed by atoms with van der Waals surface area (Å²) in [6.07, 6.45) is 0. The molecule has 2 aromatic carbocycles. The van der Waals surface area contributed by atoms with E-state index in [0.29, 0.717) is 0 Å². The third-order valence-electron chi connectivity index (χ3n) is 3.44. The van der Waals surface area contributed by atoms with Crippen molar-refractivity contribution < 1.29 is 0 Å². The average Bonchev–Trinajstić information content (AvgIpc) is 2.40. The highest BCUT2D eigenvalue weighted by Crippen LogP contribution is 2.28. The molecule has 0 radical (unpaired) electrons. The number of hydrogen-bond acceptors (Lipinski definition) is 2. The maximum absolute atomic E-state index is 4.40. The van der Waals surface area contributed by atoms with Crippen LogP contribution < -0.4 is 0 Å². The third kappa shape index (κ3) is 2.10. The molecule has 2 heteroatoms. The zero-order valence-corrected chi connectivity index (χ0v) is 11.4. The van der Waals surface area contributed by atoms with E-state index in [9.17, 15) is 0 Å². The van der Waals surface area contributed by atoms with Crippen LogP contribution in [0.5, 0.6) is 0 Å². The Morgan fingerprint density at radius 3 is 2.11 bits per heavy atom. The zero-order chi connectivity index (χ0) is 13.4. The molecule has 0 amide bonds. The van der Waals surface area contributed by atoms with Gasteiger partial charge in [-0.15, -0.1) is 5.10 Å². The van der Waals surface area contributed by atoms with Crippen LogP contribution in [0.25, 0.3) is 22.0 Å². The van der Waals surface area contributed by atoms with Gasteiger partial charge in [0.15, 0.2) is 0 Å². The Morgan fingerprint density at radius 2 is 1.37 bits per heavy atom. The lowest BCUT2D eigenvalue weighted by atomic mass is 10.0. The van der Waals surface area contributed by atoms with E-state index >= 15 is 0 Å². The van der Waals surface area contributed by atoms with E-state index in [4.69, 9.17) is 0 Å². The molecule has 94 valence electrons. The highest BCUT2D eigenvalue weighted by Gasteiger charge is 2.08. The molecule has 2 nitrogen and oxygen atoms in total. The Labute approximate surface area is 113 Å². The summed E-state index contributed by atoms with van der Waals surface area (Å²) in [6, 6.07) is 14.9. The summed E-state index contributed by atoms with van der Waals surface area (Å²) in [5, 5.41) is 11.0. The number of benzene rings is 2. The molecule has 3 rings (SSSR count). The van der Waals surface area contributed by atoms with Crippen molar-refractivity contribution in [3.63, 3.8) is 0 Å². The molecule has 0 N–H and O–H groups in total. The number of nitrogens with zero attached hydrogens (tertiary/aromatic N) is 2. The van der Waals surface area contributed by atoms with Crippen LogP contribution in [0.15, 0.2) is 42.5 Å². The van der Waals surface area contributed by atoms with E-state index in [-0.39, 0.29) is 0 Å². The Morgan fingerprint density at radius 1 is 0.684 bits per heavy atom. The number of aromatic nitrogens is 2. The third-order valence-corrected chi connectivity index (χ3v) is 3.44. The van der Waals surface area contributed by atoms with Gasteiger partial charge in [0.05, 0.1) is 5.69 Å². The van der Waals surface area contributed by atoms with Crippen LogP contribution in [0, 0.1) is 20.8 Å². The minimum atomic E-state index is 0.962. The summed E-state index contributed by atoms with van der Waals surface area (Å²) in [6.45, 7) is 6.20. The molecule has 0 saturated heterocycles. The van der Waals surface area contributed by atoms with Gasteiger partial charge in [-0.25, -0.2) is 0 Å². The number of aryl methyl sites for hydroxylation is 3. The van der Waals surface area contributed by atoms with Crippen LogP contribution in [0.2, 0.25) is 0 Å². The van der Waals surface area contributed by atoms with Gasteiger partial charge >= 0.3 is 0 Å². The molecule has 0 aliphatic carbocycles. The summed E-state index contributed by atoms with van der Waals surface area (Å²) in [4.78, 5) is 0. The Balaban J connectivity index is 2.32. The monoisotopic (exact) mass is 248 g/mol. The van der Waals surface area contributed by atoms with Crippen molar-refractivity contribution in [3.8, 4) is 11.3 Å². The molecule has 0 aliphatic heterocycles. The van der Waals surface area contributed by atoms with Crippen molar-refractivity contribution in [2.75, 3.05) is 0 Å². The molecule has 19 heavy (non-hydrogen) atoms. The van der Waals surface area contributed by atoms with Crippen molar-refractivity contribution >= 4 is 10.8 Å². The van der Waals surface area contributed by atoms with Crippen LogP contribution in [-0.2, 0) is 0 Å². The first-order valence-electron chi connectivity index (χ1n) is 6.46. The van der Waals surface area contributed by atoms with Crippen molar-refractivity contribution in [1.82, 2.24) is 10.2 Å². The number of hydrogen-bond donors (Lipinski definition) is 0. The van der Waals surface area contributed by atoms with Crippen molar-refractivity contribution in [3.05, 3.63) is 59.3 Å². The van der Waals surface area contributed by atoms with Gasteiger partial charge in [0.25, 0.3) is 0 Å². The lowest BCUT2D eigenvalue weighted by molar-refractivity contribution is 1.01. The summed E-state index contributed by atoms with van der Waals surface area (Å²) < 4.78 is 0. The minimum absolute atomic E-state index is 0.962. The Bertz CT molecular complexity index is 743. The molecule has 0 unspecified atom stereocenters. The van der Waals surface area contributed by atoms with Crippen LogP contribution in [0.1, 0.15) is 16.8 Å². The molecule has 0 saturated carbocycles. The van der Waals surface area contributed by atoms with Crippen molar-refractivity contribution in [1.29, 1.82) is 0 Å². The SMILES string of the molecule is Cc1ccc(-c2nnc(C)c3ccc(C)cc23)cc1. The van der Waals surface area contributed by atoms with E-state index in [2.05, 4.69) is 66.5 Å². The molecule has 0 bridgehead atoms. The largest absolute Gasteiger partial charge is 0.155 e. The predicted octanol–water partition coefficient (Wildman–Crippen LogP) is 4.22. The number of rotatable bonds is 1. The molecule has 3 aromatic rings. The fraction of sp³-hybridized carbons (Fsp3) is 0.176. The topological polar surface area (TPSA) is 25.8 Å². The predicted molar refractivity (Wildman–Crippen MR) is 79.2 cm³/mol. The van der Waals surface area contributed by atoms with Gasteiger partial charge in [0.1, 0.15) is 5.69 Å². The summed E-state index contributed by atoms with van der Waals surface area (Å²) >= 11 is 0.